The van der Waals surface area contributed by atoms with Gasteiger partial charge in [-0.05, 0) is 26.2 Å². The third-order valence-electron chi connectivity index (χ3n) is 2.95. The summed E-state index contributed by atoms with van der Waals surface area (Å²) in [5.74, 6) is 1.96. The smallest absolute Gasteiger partial charge is 0.191 e. The van der Waals surface area contributed by atoms with Crippen molar-refractivity contribution in [3.8, 4) is 0 Å². The zero-order valence-corrected chi connectivity index (χ0v) is 18.7. The Hall–Kier alpha value is -0.0600. The molecular formula is C16H31IN4OS2. The second-order valence-electron chi connectivity index (χ2n) is 5.01. The molecule has 0 spiro atoms. The van der Waals surface area contributed by atoms with Crippen LogP contribution in [0.25, 0.3) is 0 Å². The van der Waals surface area contributed by atoms with E-state index < -0.39 is 0 Å². The van der Waals surface area contributed by atoms with Crippen LogP contribution in [0.5, 0.6) is 0 Å². The molecule has 1 aromatic rings. The van der Waals surface area contributed by atoms with E-state index in [-0.39, 0.29) is 24.0 Å². The molecule has 0 aliphatic heterocycles. The Bertz CT molecular complexity index is 405. The fourth-order valence-corrected chi connectivity index (χ4v) is 3.40. The number of aromatic nitrogens is 1. The van der Waals surface area contributed by atoms with Gasteiger partial charge in [0.2, 0.25) is 0 Å². The Balaban J connectivity index is 0.00000529. The lowest BCUT2D eigenvalue weighted by Crippen LogP contribution is -2.38. The molecule has 1 heterocycles. The number of thioether (sulfide) groups is 1. The summed E-state index contributed by atoms with van der Waals surface area (Å²) in [6, 6.07) is 0. The first-order valence-electron chi connectivity index (χ1n) is 8.49. The molecule has 5 nitrogen and oxygen atoms in total. The molecule has 0 amide bonds. The van der Waals surface area contributed by atoms with Gasteiger partial charge in [-0.3, -0.25) is 4.99 Å². The number of ether oxygens (including phenoxy) is 1. The van der Waals surface area contributed by atoms with E-state index in [1.54, 1.807) is 23.1 Å². The Kier molecular flexibility index (Phi) is 17.7. The summed E-state index contributed by atoms with van der Waals surface area (Å²) in [5, 5.41) is 8.65. The number of hydrogen-bond donors (Lipinski definition) is 2. The van der Waals surface area contributed by atoms with Gasteiger partial charge in [-0.2, -0.15) is 0 Å². The third kappa shape index (κ3) is 13.3. The average Bonchev–Trinajstić information content (AvgIpc) is 3.07. The molecule has 140 valence electrons. The lowest BCUT2D eigenvalue weighted by molar-refractivity contribution is 0.129. The summed E-state index contributed by atoms with van der Waals surface area (Å²) in [7, 11) is 0. The predicted molar refractivity (Wildman–Crippen MR) is 117 cm³/mol. The Morgan fingerprint density at radius 1 is 1.25 bits per heavy atom. The molecule has 24 heavy (non-hydrogen) atoms. The van der Waals surface area contributed by atoms with Gasteiger partial charge in [0, 0.05) is 50.2 Å². The van der Waals surface area contributed by atoms with Crippen molar-refractivity contribution in [1.82, 2.24) is 15.6 Å². The number of halogens is 1. The molecule has 0 unspecified atom stereocenters. The van der Waals surface area contributed by atoms with Gasteiger partial charge in [0.1, 0.15) is 4.34 Å². The van der Waals surface area contributed by atoms with E-state index in [9.17, 15) is 0 Å². The SMILES string of the molecule is CCCCOCCCNC(=NCCCSc1nccs1)NCC.I. The van der Waals surface area contributed by atoms with E-state index in [1.807, 2.05) is 11.6 Å². The van der Waals surface area contributed by atoms with E-state index in [1.165, 1.54) is 6.42 Å². The van der Waals surface area contributed by atoms with E-state index in [0.717, 1.165) is 68.2 Å². The largest absolute Gasteiger partial charge is 0.381 e. The molecule has 0 aliphatic rings. The summed E-state index contributed by atoms with van der Waals surface area (Å²) < 4.78 is 6.70. The van der Waals surface area contributed by atoms with Crippen LogP contribution in [0.1, 0.15) is 39.5 Å². The van der Waals surface area contributed by atoms with Crippen molar-refractivity contribution in [2.45, 2.75) is 43.9 Å². The van der Waals surface area contributed by atoms with Crippen LogP contribution in [0.4, 0.5) is 0 Å². The van der Waals surface area contributed by atoms with Crippen LogP contribution in [0.3, 0.4) is 0 Å². The highest BCUT2D eigenvalue weighted by molar-refractivity contribution is 14.0. The minimum absolute atomic E-state index is 0. The molecular weight excluding hydrogens is 455 g/mol. The second-order valence-corrected chi connectivity index (χ2v) is 7.24. The van der Waals surface area contributed by atoms with Gasteiger partial charge >= 0.3 is 0 Å². The van der Waals surface area contributed by atoms with Crippen LogP contribution >= 0.6 is 47.1 Å². The van der Waals surface area contributed by atoms with Gasteiger partial charge in [-0.25, -0.2) is 4.98 Å². The van der Waals surface area contributed by atoms with Crippen molar-refractivity contribution >= 4 is 53.0 Å². The number of rotatable bonds is 13. The highest BCUT2D eigenvalue weighted by atomic mass is 127. The highest BCUT2D eigenvalue weighted by Gasteiger charge is 1.98. The van der Waals surface area contributed by atoms with Crippen molar-refractivity contribution in [2.75, 3.05) is 38.6 Å². The maximum atomic E-state index is 5.56. The van der Waals surface area contributed by atoms with E-state index in [0.29, 0.717) is 0 Å². The predicted octanol–water partition coefficient (Wildman–Crippen LogP) is 4.01. The molecule has 0 fully saturated rings. The molecule has 0 saturated heterocycles. The summed E-state index contributed by atoms with van der Waals surface area (Å²) in [6.07, 6.45) is 6.26. The van der Waals surface area contributed by atoms with Gasteiger partial charge < -0.3 is 15.4 Å². The van der Waals surface area contributed by atoms with E-state index in [2.05, 4.69) is 34.5 Å². The van der Waals surface area contributed by atoms with E-state index >= 15 is 0 Å². The van der Waals surface area contributed by atoms with Gasteiger partial charge in [0.25, 0.3) is 0 Å². The first kappa shape index (κ1) is 23.9. The second kappa shape index (κ2) is 17.8. The van der Waals surface area contributed by atoms with Gasteiger partial charge in [0.05, 0.1) is 0 Å². The summed E-state index contributed by atoms with van der Waals surface area (Å²) in [5.41, 5.74) is 0. The number of thiazole rings is 1. The molecule has 0 atom stereocenters. The molecule has 0 saturated carbocycles. The fourth-order valence-electron chi connectivity index (χ4n) is 1.77. The third-order valence-corrected chi connectivity index (χ3v) is 5.00. The van der Waals surface area contributed by atoms with Crippen LogP contribution in [0, 0.1) is 0 Å². The van der Waals surface area contributed by atoms with Crippen LogP contribution < -0.4 is 10.6 Å². The zero-order valence-electron chi connectivity index (χ0n) is 14.8. The number of hydrogen-bond acceptors (Lipinski definition) is 5. The van der Waals surface area contributed by atoms with Crippen LogP contribution in [-0.2, 0) is 4.74 Å². The Morgan fingerprint density at radius 2 is 2.08 bits per heavy atom. The molecule has 0 radical (unpaired) electrons. The maximum Gasteiger partial charge on any atom is 0.191 e. The quantitative estimate of drug-likeness (QED) is 0.145. The summed E-state index contributed by atoms with van der Waals surface area (Å²) in [4.78, 5) is 8.87. The van der Waals surface area contributed by atoms with Crippen molar-refractivity contribution in [3.63, 3.8) is 0 Å². The van der Waals surface area contributed by atoms with E-state index in [4.69, 9.17) is 4.74 Å². The molecule has 0 aromatic carbocycles. The lowest BCUT2D eigenvalue weighted by atomic mass is 10.4. The van der Waals surface area contributed by atoms with Crippen molar-refractivity contribution in [1.29, 1.82) is 0 Å². The number of nitrogens with zero attached hydrogens (tertiary/aromatic N) is 2. The first-order chi connectivity index (χ1) is 11.4. The van der Waals surface area contributed by atoms with Crippen molar-refractivity contribution in [2.24, 2.45) is 4.99 Å². The minimum Gasteiger partial charge on any atom is -0.381 e. The summed E-state index contributed by atoms with van der Waals surface area (Å²) in [6.45, 7) is 8.57. The van der Waals surface area contributed by atoms with Crippen molar-refractivity contribution in [3.05, 3.63) is 11.6 Å². The number of unbranched alkanes of at least 4 members (excludes halogenated alkanes) is 1. The van der Waals surface area contributed by atoms with Crippen molar-refractivity contribution < 1.29 is 4.74 Å². The highest BCUT2D eigenvalue weighted by Crippen LogP contribution is 2.20. The molecule has 8 heteroatoms. The molecule has 1 aromatic heterocycles. The number of guanidine groups is 1. The normalized spacial score (nSPS) is 11.2. The van der Waals surface area contributed by atoms with Gasteiger partial charge in [-0.15, -0.1) is 35.3 Å². The molecule has 0 bridgehead atoms. The van der Waals surface area contributed by atoms with Gasteiger partial charge in [0.15, 0.2) is 5.96 Å². The van der Waals surface area contributed by atoms with Crippen LogP contribution in [0.2, 0.25) is 0 Å². The maximum absolute atomic E-state index is 5.56. The number of nitrogens with one attached hydrogen (secondary N) is 2. The first-order valence-corrected chi connectivity index (χ1v) is 10.4. The topological polar surface area (TPSA) is 58.5 Å². The molecule has 0 aliphatic carbocycles. The lowest BCUT2D eigenvalue weighted by Gasteiger charge is -2.11. The van der Waals surface area contributed by atoms with Gasteiger partial charge in [-0.1, -0.05) is 25.1 Å². The number of aliphatic imine (C=N–C) groups is 1. The summed E-state index contributed by atoms with van der Waals surface area (Å²) >= 11 is 3.50. The molecule has 1 rings (SSSR count). The standard InChI is InChI=1S/C16H30N4OS2.HI/c1-3-5-11-21-12-6-8-18-15(17-4-2)19-9-7-13-22-16-20-10-14-23-16;/h10,14H,3-9,11-13H2,1-2H3,(H2,17,18,19);1H. The van der Waals surface area contributed by atoms with Crippen LogP contribution in [-0.4, -0.2) is 49.5 Å². The fraction of sp³-hybridized carbons (Fsp3) is 0.750. The monoisotopic (exact) mass is 486 g/mol. The average molecular weight is 486 g/mol. The van der Waals surface area contributed by atoms with Crippen LogP contribution in [0.15, 0.2) is 20.9 Å². The Labute approximate surface area is 171 Å². The zero-order chi connectivity index (χ0) is 16.6. The Morgan fingerprint density at radius 3 is 2.79 bits per heavy atom. The minimum atomic E-state index is 0. The molecule has 2 N–H and O–H groups in total.